The molecule has 47 heavy (non-hydrogen) atoms. The van der Waals surface area contributed by atoms with Gasteiger partial charge in [-0.2, -0.15) is 0 Å². The number of hydrogen-bond donors (Lipinski definition) is 1. The van der Waals surface area contributed by atoms with E-state index in [0.29, 0.717) is 36.9 Å². The molecule has 2 saturated heterocycles. The van der Waals surface area contributed by atoms with Crippen molar-refractivity contribution in [3.63, 3.8) is 0 Å². The fourth-order valence-electron chi connectivity index (χ4n) is 6.38. The summed E-state index contributed by atoms with van der Waals surface area (Å²) in [5.74, 6) is -2.75. The standard InChI is InChI=1S/C37H36ClF2N3O4/c38-27-11-8-24(9-12-27)10-13-29(41-37(46)34-22-33(44)30-20-28(39)21-31(40)36(30)47-34)19-25-14-17-42(18-15-25)32-6-2-1-5-26(32)23-43-16-4-3-7-35(43)45/h1-2,5-6,8-9,11-12,19-22,29H,3-4,7,10,13-18,23H2,(H,41,46). The first-order chi connectivity index (χ1) is 22.7. The molecule has 10 heteroatoms. The van der Waals surface area contributed by atoms with E-state index in [4.69, 9.17) is 16.0 Å². The minimum absolute atomic E-state index is 0.212. The molecule has 2 aliphatic rings. The van der Waals surface area contributed by atoms with Gasteiger partial charge in [0.25, 0.3) is 5.91 Å². The summed E-state index contributed by atoms with van der Waals surface area (Å²) in [7, 11) is 0. The minimum Gasteiger partial charge on any atom is -0.448 e. The van der Waals surface area contributed by atoms with Crippen molar-refractivity contribution in [2.24, 2.45) is 0 Å². The Balaban J connectivity index is 1.18. The highest BCUT2D eigenvalue weighted by molar-refractivity contribution is 6.30. The molecule has 4 aromatic rings. The van der Waals surface area contributed by atoms with Crippen LogP contribution in [0.1, 0.15) is 60.2 Å². The monoisotopic (exact) mass is 659 g/mol. The van der Waals surface area contributed by atoms with Crippen LogP contribution in [0.4, 0.5) is 14.5 Å². The van der Waals surface area contributed by atoms with Crippen LogP contribution in [0.2, 0.25) is 5.02 Å². The summed E-state index contributed by atoms with van der Waals surface area (Å²) in [5.41, 5.74) is 3.34. The largest absolute Gasteiger partial charge is 0.448 e. The summed E-state index contributed by atoms with van der Waals surface area (Å²) in [5, 5.41) is 3.33. The van der Waals surface area contributed by atoms with Crippen molar-refractivity contribution < 1.29 is 22.8 Å². The van der Waals surface area contributed by atoms with Gasteiger partial charge in [0, 0.05) is 61.5 Å². The maximum atomic E-state index is 14.4. The second kappa shape index (κ2) is 14.5. The number of fused-ring (bicyclic) bond motifs is 1. The second-order valence-electron chi connectivity index (χ2n) is 12.2. The second-order valence-corrected chi connectivity index (χ2v) is 12.6. The zero-order valence-corrected chi connectivity index (χ0v) is 26.7. The third-order valence-electron chi connectivity index (χ3n) is 8.90. The Bertz CT molecular complexity index is 1860. The van der Waals surface area contributed by atoms with Crippen LogP contribution >= 0.6 is 11.6 Å². The molecule has 6 rings (SSSR count). The predicted molar refractivity (Wildman–Crippen MR) is 179 cm³/mol. The van der Waals surface area contributed by atoms with Crippen LogP contribution in [0.15, 0.2) is 87.6 Å². The van der Waals surface area contributed by atoms with Crippen molar-refractivity contribution in [1.82, 2.24) is 10.2 Å². The number of nitrogens with one attached hydrogen (secondary N) is 1. The molecule has 0 aliphatic carbocycles. The number of anilines is 1. The summed E-state index contributed by atoms with van der Waals surface area (Å²) < 4.78 is 33.6. The van der Waals surface area contributed by atoms with E-state index in [1.54, 1.807) is 0 Å². The molecule has 1 unspecified atom stereocenters. The van der Waals surface area contributed by atoms with Crippen LogP contribution in [0.25, 0.3) is 11.0 Å². The van der Waals surface area contributed by atoms with Gasteiger partial charge in [0.15, 0.2) is 22.6 Å². The van der Waals surface area contributed by atoms with Gasteiger partial charge in [-0.15, -0.1) is 0 Å². The van der Waals surface area contributed by atoms with E-state index in [-0.39, 0.29) is 17.1 Å². The molecule has 3 aromatic carbocycles. The highest BCUT2D eigenvalue weighted by Gasteiger charge is 2.23. The molecule has 0 spiro atoms. The number of aryl methyl sites for hydroxylation is 1. The minimum atomic E-state index is -1.05. The Morgan fingerprint density at radius 3 is 2.49 bits per heavy atom. The van der Waals surface area contributed by atoms with Gasteiger partial charge < -0.3 is 19.5 Å². The predicted octanol–water partition coefficient (Wildman–Crippen LogP) is 7.20. The van der Waals surface area contributed by atoms with E-state index in [1.165, 1.54) is 5.57 Å². The maximum Gasteiger partial charge on any atom is 0.287 e. The molecule has 0 bridgehead atoms. The number of para-hydroxylation sites is 1. The fourth-order valence-corrected chi connectivity index (χ4v) is 6.50. The van der Waals surface area contributed by atoms with Crippen molar-refractivity contribution in [3.05, 3.63) is 122 Å². The average Bonchev–Trinajstić information content (AvgIpc) is 3.06. The third-order valence-corrected chi connectivity index (χ3v) is 9.16. The molecule has 1 aromatic heterocycles. The van der Waals surface area contributed by atoms with Gasteiger partial charge in [0.1, 0.15) is 5.82 Å². The number of likely N-dealkylation sites (tertiary alicyclic amines) is 1. The van der Waals surface area contributed by atoms with Crippen molar-refractivity contribution in [1.29, 1.82) is 0 Å². The molecular weight excluding hydrogens is 624 g/mol. The Kier molecular flexibility index (Phi) is 10.0. The number of halogens is 3. The zero-order valence-electron chi connectivity index (χ0n) is 25.9. The smallest absolute Gasteiger partial charge is 0.287 e. The number of benzene rings is 3. The lowest BCUT2D eigenvalue weighted by Gasteiger charge is -2.34. The van der Waals surface area contributed by atoms with Crippen molar-refractivity contribution in [2.45, 2.75) is 57.5 Å². The van der Waals surface area contributed by atoms with Gasteiger partial charge in [0.05, 0.1) is 5.39 Å². The summed E-state index contributed by atoms with van der Waals surface area (Å²) in [4.78, 5) is 42.8. The first-order valence-corrected chi connectivity index (χ1v) is 16.4. The van der Waals surface area contributed by atoms with Crippen LogP contribution in [-0.2, 0) is 17.8 Å². The number of piperidine rings is 2. The van der Waals surface area contributed by atoms with Crippen LogP contribution in [0.3, 0.4) is 0 Å². The first kappa shape index (κ1) is 32.4. The summed E-state index contributed by atoms with van der Waals surface area (Å²) in [6.45, 7) is 2.96. The molecule has 1 N–H and O–H groups in total. The van der Waals surface area contributed by atoms with E-state index < -0.39 is 34.6 Å². The van der Waals surface area contributed by atoms with Gasteiger partial charge in [-0.25, -0.2) is 8.78 Å². The Hall–Kier alpha value is -4.50. The molecule has 7 nitrogen and oxygen atoms in total. The number of rotatable bonds is 9. The van der Waals surface area contributed by atoms with Gasteiger partial charge in [-0.3, -0.25) is 14.4 Å². The number of nitrogens with zero attached hydrogens (tertiary/aromatic N) is 2. The lowest BCUT2D eigenvalue weighted by molar-refractivity contribution is -0.133. The molecular formula is C37H36ClF2N3O4. The third kappa shape index (κ3) is 7.91. The fraction of sp³-hybridized carbons (Fsp3) is 0.324. The summed E-state index contributed by atoms with van der Waals surface area (Å²) in [6.07, 6.45) is 7.44. The van der Waals surface area contributed by atoms with Crippen LogP contribution < -0.4 is 15.6 Å². The Morgan fingerprint density at radius 1 is 0.957 bits per heavy atom. The lowest BCUT2D eigenvalue weighted by Crippen LogP contribution is -2.37. The molecule has 0 radical (unpaired) electrons. The van der Waals surface area contributed by atoms with Gasteiger partial charge >= 0.3 is 0 Å². The van der Waals surface area contributed by atoms with Crippen LogP contribution in [-0.4, -0.2) is 42.4 Å². The van der Waals surface area contributed by atoms with E-state index >= 15 is 0 Å². The lowest BCUT2D eigenvalue weighted by atomic mass is 9.97. The van der Waals surface area contributed by atoms with Gasteiger partial charge in [0.2, 0.25) is 5.91 Å². The maximum absolute atomic E-state index is 14.4. The van der Waals surface area contributed by atoms with Crippen molar-refractivity contribution >= 4 is 40.1 Å². The molecule has 0 saturated carbocycles. The van der Waals surface area contributed by atoms with E-state index in [0.717, 1.165) is 74.3 Å². The van der Waals surface area contributed by atoms with Gasteiger partial charge in [-0.1, -0.05) is 53.6 Å². The number of hydrogen-bond acceptors (Lipinski definition) is 5. The summed E-state index contributed by atoms with van der Waals surface area (Å²) >= 11 is 6.06. The highest BCUT2D eigenvalue weighted by Crippen LogP contribution is 2.29. The van der Waals surface area contributed by atoms with E-state index in [9.17, 15) is 23.2 Å². The number of amides is 2. The average molecular weight is 660 g/mol. The molecule has 2 aliphatic heterocycles. The Labute approximate surface area is 276 Å². The zero-order chi connectivity index (χ0) is 32.9. The molecule has 2 amide bonds. The topological polar surface area (TPSA) is 82.9 Å². The summed E-state index contributed by atoms with van der Waals surface area (Å²) in [6, 6.07) is 17.8. The molecule has 2 fully saturated rings. The van der Waals surface area contributed by atoms with E-state index in [2.05, 4.69) is 28.4 Å². The molecule has 3 heterocycles. The normalized spacial score (nSPS) is 16.0. The van der Waals surface area contributed by atoms with Crippen LogP contribution in [0, 0.1) is 11.6 Å². The molecule has 1 atom stereocenters. The number of carbonyl (C=O) groups is 2. The first-order valence-electron chi connectivity index (χ1n) is 16.0. The highest BCUT2D eigenvalue weighted by atomic mass is 35.5. The van der Waals surface area contributed by atoms with Crippen molar-refractivity contribution in [3.8, 4) is 0 Å². The van der Waals surface area contributed by atoms with Crippen molar-refractivity contribution in [2.75, 3.05) is 24.5 Å². The molecule has 244 valence electrons. The van der Waals surface area contributed by atoms with Crippen LogP contribution in [0.5, 0.6) is 0 Å². The van der Waals surface area contributed by atoms with Gasteiger partial charge in [-0.05, 0) is 73.9 Å². The Morgan fingerprint density at radius 2 is 1.72 bits per heavy atom. The quantitative estimate of drug-likeness (QED) is 0.192. The number of carbonyl (C=O) groups excluding carboxylic acids is 2. The van der Waals surface area contributed by atoms with E-state index in [1.807, 2.05) is 41.3 Å². The SMILES string of the molecule is O=C(NC(C=C1CCN(c2ccccc2CN2CCCCC2=O)CC1)CCc1ccc(Cl)cc1)c1cc(=O)c2cc(F)cc(F)c2o1.